The zero-order chi connectivity index (χ0) is 36.5. The van der Waals surface area contributed by atoms with Gasteiger partial charge in [-0.05, 0) is 79.4 Å². The van der Waals surface area contributed by atoms with E-state index in [4.69, 9.17) is 18.9 Å². The summed E-state index contributed by atoms with van der Waals surface area (Å²) in [6.07, 6.45) is 16.9. The lowest BCUT2D eigenvalue weighted by molar-refractivity contribution is -0.146. The van der Waals surface area contributed by atoms with Crippen LogP contribution in [0.5, 0.6) is 17.2 Å². The molecule has 0 fully saturated rings. The molecule has 0 aliphatic rings. The molecule has 278 valence electrons. The number of carbonyl (C=O) groups is 2. The fraction of sp³-hybridized carbons (Fsp3) is 0.455. The molecule has 8 heteroatoms. The summed E-state index contributed by atoms with van der Waals surface area (Å²) < 4.78 is 26.0. The van der Waals surface area contributed by atoms with Crippen LogP contribution in [-0.4, -0.2) is 31.3 Å². The third-order valence-corrected chi connectivity index (χ3v) is 11.6. The van der Waals surface area contributed by atoms with Gasteiger partial charge in [-0.25, -0.2) is 9.59 Å². The lowest BCUT2D eigenvalue weighted by atomic mass is 10.1. The number of benzene rings is 3. The number of thiophene rings is 2. The second-order valence-electron chi connectivity index (χ2n) is 13.5. The molecule has 0 radical (unpaired) electrons. The predicted molar refractivity (Wildman–Crippen MR) is 217 cm³/mol. The number of hydrogen-bond acceptors (Lipinski definition) is 8. The number of fused-ring (bicyclic) bond motifs is 3. The van der Waals surface area contributed by atoms with Gasteiger partial charge in [0.15, 0.2) is 6.10 Å². The van der Waals surface area contributed by atoms with Crippen LogP contribution < -0.4 is 14.2 Å². The summed E-state index contributed by atoms with van der Waals surface area (Å²) in [5.41, 5.74) is 2.12. The highest BCUT2D eigenvalue weighted by Gasteiger charge is 2.19. The van der Waals surface area contributed by atoms with Gasteiger partial charge in [0.2, 0.25) is 0 Å². The van der Waals surface area contributed by atoms with E-state index in [0.29, 0.717) is 23.0 Å². The summed E-state index contributed by atoms with van der Waals surface area (Å²) in [5.74, 6) is 1.09. The Kier molecular flexibility index (Phi) is 16.0. The van der Waals surface area contributed by atoms with Crippen LogP contribution in [0, 0.1) is 0 Å². The summed E-state index contributed by atoms with van der Waals surface area (Å²) in [4.78, 5) is 26.2. The Labute approximate surface area is 317 Å². The van der Waals surface area contributed by atoms with E-state index in [1.807, 2.05) is 54.6 Å². The van der Waals surface area contributed by atoms with Crippen LogP contribution >= 0.6 is 22.7 Å². The maximum Gasteiger partial charge on any atom is 0.353 e. The fourth-order valence-electron chi connectivity index (χ4n) is 6.15. The van der Waals surface area contributed by atoms with Gasteiger partial charge in [-0.2, -0.15) is 0 Å². The highest BCUT2D eigenvalue weighted by atomic mass is 32.1. The first-order chi connectivity index (χ1) is 25.4. The van der Waals surface area contributed by atoms with Crippen LogP contribution in [0.3, 0.4) is 0 Å². The first kappa shape index (κ1) is 39.5. The zero-order valence-corrected chi connectivity index (χ0v) is 32.7. The van der Waals surface area contributed by atoms with Crippen LogP contribution in [0.25, 0.3) is 30.6 Å². The lowest BCUT2D eigenvalue weighted by Gasteiger charge is -2.12. The Morgan fingerprint density at radius 2 is 1.13 bits per heavy atom. The van der Waals surface area contributed by atoms with Crippen molar-refractivity contribution in [2.24, 2.45) is 0 Å². The van der Waals surface area contributed by atoms with Gasteiger partial charge in [0.05, 0.1) is 11.3 Å². The van der Waals surface area contributed by atoms with Gasteiger partial charge in [-0.3, -0.25) is 0 Å². The van der Waals surface area contributed by atoms with Crippen molar-refractivity contribution in [2.75, 3.05) is 13.2 Å². The van der Waals surface area contributed by atoms with Crippen molar-refractivity contribution in [3.63, 3.8) is 0 Å². The monoisotopic (exact) mass is 742 g/mol. The van der Waals surface area contributed by atoms with Crippen molar-refractivity contribution in [3.05, 3.63) is 77.7 Å². The number of unbranched alkanes of at least 4 members (excludes halogenated alkanes) is 12. The molecule has 0 amide bonds. The van der Waals surface area contributed by atoms with Crippen LogP contribution in [0.4, 0.5) is 0 Å². The third kappa shape index (κ3) is 11.9. The van der Waals surface area contributed by atoms with Crippen LogP contribution in [0.1, 0.15) is 120 Å². The molecule has 6 nitrogen and oxygen atoms in total. The minimum atomic E-state index is -0.621. The summed E-state index contributed by atoms with van der Waals surface area (Å²) in [6.45, 7) is 7.46. The maximum absolute atomic E-state index is 13.1. The van der Waals surface area contributed by atoms with E-state index in [9.17, 15) is 9.59 Å². The maximum atomic E-state index is 13.1. The summed E-state index contributed by atoms with van der Waals surface area (Å²) >= 11 is 2.97. The molecule has 0 spiro atoms. The Hall–Kier alpha value is -3.72. The topological polar surface area (TPSA) is 71.1 Å². The van der Waals surface area contributed by atoms with Gasteiger partial charge >= 0.3 is 11.9 Å². The molecule has 1 atom stereocenters. The van der Waals surface area contributed by atoms with E-state index >= 15 is 0 Å². The Balaban J connectivity index is 1.06. The van der Waals surface area contributed by atoms with E-state index in [1.165, 1.54) is 75.5 Å². The molecular formula is C44H54O6S2. The smallest absolute Gasteiger partial charge is 0.353 e. The van der Waals surface area contributed by atoms with Crippen molar-refractivity contribution in [3.8, 4) is 28.4 Å². The average molecular weight is 743 g/mol. The number of rotatable bonds is 23. The molecule has 0 aliphatic heterocycles. The Morgan fingerprint density at radius 3 is 1.79 bits per heavy atom. The molecule has 0 saturated heterocycles. The highest BCUT2D eigenvalue weighted by molar-refractivity contribution is 7.33. The largest absolute Gasteiger partial charge is 0.494 e. The van der Waals surface area contributed by atoms with Gasteiger partial charge in [0.1, 0.15) is 22.1 Å². The van der Waals surface area contributed by atoms with Gasteiger partial charge in [-0.15, -0.1) is 22.7 Å². The van der Waals surface area contributed by atoms with Crippen molar-refractivity contribution < 1.29 is 28.5 Å². The third-order valence-electron chi connectivity index (χ3n) is 9.25. The van der Waals surface area contributed by atoms with Crippen molar-refractivity contribution in [2.45, 2.75) is 117 Å². The minimum Gasteiger partial charge on any atom is -0.494 e. The molecule has 2 aromatic heterocycles. The van der Waals surface area contributed by atoms with Gasteiger partial charge in [0, 0.05) is 21.4 Å². The van der Waals surface area contributed by atoms with E-state index in [1.54, 1.807) is 24.3 Å². The first-order valence-electron chi connectivity index (χ1n) is 19.3. The zero-order valence-electron chi connectivity index (χ0n) is 31.1. The minimum absolute atomic E-state index is 0.382. The molecule has 5 rings (SSSR count). The summed E-state index contributed by atoms with van der Waals surface area (Å²) in [5, 5.41) is 1.02. The van der Waals surface area contributed by atoms with Crippen LogP contribution in [0.15, 0.2) is 72.8 Å². The second kappa shape index (κ2) is 21.1. The number of carbonyl (C=O) groups excluding carboxylic acids is 2. The molecular weight excluding hydrogens is 689 g/mol. The standard InChI is InChI=1S/C44H54O6S2/c1-4-6-8-10-11-12-13-14-15-17-29-48-35-22-18-33(19-23-35)34-20-24-36(25-21-34)49-44(46)41-31-40-42(52-41)38-27-26-37(30-39(38)51-40)50-43(45)32(3)47-28-16-9-7-5-2/h18-27,30-32H,4-17,28-29H2,1-3H3/t32-/m0/s1. The molecule has 0 bridgehead atoms. The molecule has 0 aliphatic carbocycles. The number of hydrogen-bond donors (Lipinski definition) is 0. The molecule has 2 heterocycles. The summed E-state index contributed by atoms with van der Waals surface area (Å²) in [6, 6.07) is 23.2. The van der Waals surface area contributed by atoms with E-state index in [-0.39, 0.29) is 5.97 Å². The normalized spacial score (nSPS) is 12.0. The molecule has 5 aromatic rings. The predicted octanol–water partition coefficient (Wildman–Crippen LogP) is 13.2. The van der Waals surface area contributed by atoms with Crippen molar-refractivity contribution in [1.82, 2.24) is 0 Å². The van der Waals surface area contributed by atoms with Gasteiger partial charge in [-0.1, -0.05) is 115 Å². The quantitative estimate of drug-likeness (QED) is 0.0377. The van der Waals surface area contributed by atoms with E-state index in [2.05, 4.69) is 26.0 Å². The van der Waals surface area contributed by atoms with Gasteiger partial charge < -0.3 is 18.9 Å². The second-order valence-corrected chi connectivity index (χ2v) is 15.7. The number of ether oxygens (including phenoxy) is 4. The van der Waals surface area contributed by atoms with E-state index < -0.39 is 12.1 Å². The van der Waals surface area contributed by atoms with Gasteiger partial charge in [0.25, 0.3) is 0 Å². The fourth-order valence-corrected chi connectivity index (χ4v) is 8.58. The highest BCUT2D eigenvalue weighted by Crippen LogP contribution is 2.41. The molecule has 52 heavy (non-hydrogen) atoms. The molecule has 0 unspecified atom stereocenters. The molecule has 0 saturated carbocycles. The Bertz CT molecular complexity index is 1820. The SMILES string of the molecule is CCCCCCCCCCCCOc1ccc(-c2ccc(OC(=O)c3cc4sc5cc(OC(=O)[C@H](C)OCCCCCC)ccc5c4s3)cc2)cc1. The molecule has 0 N–H and O–H groups in total. The van der Waals surface area contributed by atoms with E-state index in [0.717, 1.165) is 68.7 Å². The van der Waals surface area contributed by atoms with Crippen molar-refractivity contribution in [1.29, 1.82) is 0 Å². The lowest BCUT2D eigenvalue weighted by Crippen LogP contribution is -2.26. The molecule has 3 aromatic carbocycles. The number of esters is 2. The van der Waals surface area contributed by atoms with Crippen LogP contribution in [-0.2, 0) is 9.53 Å². The van der Waals surface area contributed by atoms with Crippen molar-refractivity contribution >= 4 is 54.1 Å². The average Bonchev–Trinajstić information content (AvgIpc) is 3.72. The summed E-state index contributed by atoms with van der Waals surface area (Å²) in [7, 11) is 0. The Morgan fingerprint density at radius 1 is 0.577 bits per heavy atom. The first-order valence-corrected chi connectivity index (χ1v) is 20.9. The van der Waals surface area contributed by atoms with Crippen LogP contribution in [0.2, 0.25) is 0 Å².